The van der Waals surface area contributed by atoms with E-state index in [2.05, 4.69) is 167 Å². The third-order valence-corrected chi connectivity index (χ3v) is 11.4. The minimum Gasteiger partial charge on any atom is -0.306 e. The van der Waals surface area contributed by atoms with Gasteiger partial charge in [0.1, 0.15) is 0 Å². The molecule has 0 saturated carbocycles. The van der Waals surface area contributed by atoms with Crippen molar-refractivity contribution in [3.63, 3.8) is 0 Å². The summed E-state index contributed by atoms with van der Waals surface area (Å²) in [5, 5.41) is 7.31. The lowest BCUT2D eigenvalue weighted by atomic mass is 10.1. The van der Waals surface area contributed by atoms with Crippen molar-refractivity contribution >= 4 is 75.1 Å². The average molecular weight is 669 g/mol. The fraction of sp³-hybridized carbons (Fsp3) is 0. The summed E-state index contributed by atoms with van der Waals surface area (Å²) < 4.78 is 7.35. The number of aromatic nitrogens is 4. The van der Waals surface area contributed by atoms with Gasteiger partial charge in [0.15, 0.2) is 0 Å². The van der Waals surface area contributed by atoms with Gasteiger partial charge in [0, 0.05) is 48.1 Å². The molecular formula is C46H28N4S. The Morgan fingerprint density at radius 2 is 0.902 bits per heavy atom. The fourth-order valence-corrected chi connectivity index (χ4v) is 9.12. The van der Waals surface area contributed by atoms with Crippen LogP contribution >= 0.6 is 11.3 Å². The zero-order valence-electron chi connectivity index (χ0n) is 27.4. The van der Waals surface area contributed by atoms with Crippen molar-refractivity contribution in [2.24, 2.45) is 0 Å². The first-order valence-electron chi connectivity index (χ1n) is 17.2. The van der Waals surface area contributed by atoms with Crippen molar-refractivity contribution in [1.29, 1.82) is 0 Å². The molecule has 11 aromatic rings. The van der Waals surface area contributed by atoms with Gasteiger partial charge in [0.25, 0.3) is 0 Å². The third-order valence-electron chi connectivity index (χ3n) is 10.1. The van der Waals surface area contributed by atoms with E-state index in [4.69, 9.17) is 9.97 Å². The molecule has 0 aliphatic carbocycles. The van der Waals surface area contributed by atoms with Gasteiger partial charge in [0.2, 0.25) is 5.95 Å². The minimum absolute atomic E-state index is 0.644. The molecule has 4 nitrogen and oxygen atoms in total. The zero-order chi connectivity index (χ0) is 33.5. The first-order valence-corrected chi connectivity index (χ1v) is 18.0. The molecule has 0 amide bonds. The van der Waals surface area contributed by atoms with Gasteiger partial charge < -0.3 is 4.57 Å². The van der Waals surface area contributed by atoms with Gasteiger partial charge in [-0.15, -0.1) is 11.3 Å². The molecule has 11 rings (SSSR count). The number of hydrogen-bond acceptors (Lipinski definition) is 3. The Labute approximate surface area is 297 Å². The molecule has 4 heterocycles. The second-order valence-corrected chi connectivity index (χ2v) is 14.0. The minimum atomic E-state index is 0.644. The van der Waals surface area contributed by atoms with Crippen LogP contribution in [0.1, 0.15) is 0 Å². The fourth-order valence-electron chi connectivity index (χ4n) is 7.92. The van der Waals surface area contributed by atoms with Crippen LogP contribution in [0.2, 0.25) is 0 Å². The Bertz CT molecular complexity index is 3080. The predicted octanol–water partition coefficient (Wildman–Crippen LogP) is 12.4. The van der Waals surface area contributed by atoms with E-state index in [-0.39, 0.29) is 0 Å². The van der Waals surface area contributed by atoms with Crippen LogP contribution in [0.25, 0.3) is 97.9 Å². The van der Waals surface area contributed by atoms with E-state index in [0.717, 1.165) is 39.1 Å². The molecule has 5 heteroatoms. The van der Waals surface area contributed by atoms with Crippen LogP contribution in [0.3, 0.4) is 0 Å². The van der Waals surface area contributed by atoms with Gasteiger partial charge in [-0.05, 0) is 30.3 Å². The highest BCUT2D eigenvalue weighted by Gasteiger charge is 2.24. The van der Waals surface area contributed by atoms with Crippen LogP contribution in [-0.2, 0) is 0 Å². The molecule has 0 aliphatic heterocycles. The summed E-state index contributed by atoms with van der Waals surface area (Å²) in [7, 11) is 0. The van der Waals surface area contributed by atoms with Crippen molar-refractivity contribution < 1.29 is 0 Å². The van der Waals surface area contributed by atoms with Crippen molar-refractivity contribution in [3.05, 3.63) is 170 Å². The standard InChI is InChI=1S/C46H28N4S/c1-3-14-29(15-4-1)37-28-38(30-16-5-2-6-17-30)48-46(47-37)50-40-23-11-8-19-32(40)35-27-26-34-31-18-7-10-22-39(31)49(43(34)44(35)50)41-24-13-21-36-33-20-9-12-25-42(33)51-45(36)41/h1-28H. The number of fused-ring (bicyclic) bond motifs is 10. The molecule has 0 spiro atoms. The van der Waals surface area contributed by atoms with E-state index in [1.807, 2.05) is 23.5 Å². The summed E-state index contributed by atoms with van der Waals surface area (Å²) in [5.41, 5.74) is 9.52. The van der Waals surface area contributed by atoms with Crippen LogP contribution in [-0.4, -0.2) is 19.1 Å². The smallest absolute Gasteiger partial charge is 0.235 e. The van der Waals surface area contributed by atoms with Gasteiger partial charge in [0.05, 0.1) is 43.8 Å². The number of para-hydroxylation sites is 2. The maximum Gasteiger partial charge on any atom is 0.235 e. The van der Waals surface area contributed by atoms with Gasteiger partial charge in [-0.25, -0.2) is 9.97 Å². The number of hydrogen-bond donors (Lipinski definition) is 0. The molecule has 51 heavy (non-hydrogen) atoms. The lowest BCUT2D eigenvalue weighted by Crippen LogP contribution is -2.05. The maximum absolute atomic E-state index is 5.36. The summed E-state index contributed by atoms with van der Waals surface area (Å²) in [5.74, 6) is 0.644. The molecule has 0 saturated heterocycles. The molecule has 0 radical (unpaired) electrons. The second kappa shape index (κ2) is 11.0. The van der Waals surface area contributed by atoms with Crippen LogP contribution in [0.15, 0.2) is 170 Å². The average Bonchev–Trinajstić information content (AvgIpc) is 3.86. The summed E-state index contributed by atoms with van der Waals surface area (Å²) in [6.07, 6.45) is 0. The Kier molecular flexibility index (Phi) is 6.09. The molecule has 0 atom stereocenters. The van der Waals surface area contributed by atoms with Crippen LogP contribution < -0.4 is 0 Å². The van der Waals surface area contributed by atoms with E-state index in [1.165, 1.54) is 52.9 Å². The number of rotatable bonds is 4. The van der Waals surface area contributed by atoms with Crippen molar-refractivity contribution in [3.8, 4) is 34.2 Å². The molecular weight excluding hydrogens is 641 g/mol. The summed E-state index contributed by atoms with van der Waals surface area (Å²) in [4.78, 5) is 10.7. The van der Waals surface area contributed by atoms with Gasteiger partial charge in [-0.3, -0.25) is 4.57 Å². The van der Waals surface area contributed by atoms with Crippen molar-refractivity contribution in [2.75, 3.05) is 0 Å². The van der Waals surface area contributed by atoms with Crippen molar-refractivity contribution in [2.45, 2.75) is 0 Å². The first kappa shape index (κ1) is 28.3. The van der Waals surface area contributed by atoms with Crippen LogP contribution in [0.4, 0.5) is 0 Å². The van der Waals surface area contributed by atoms with E-state index >= 15 is 0 Å². The molecule has 0 unspecified atom stereocenters. The molecule has 7 aromatic carbocycles. The maximum atomic E-state index is 5.36. The largest absolute Gasteiger partial charge is 0.306 e. The summed E-state index contributed by atoms with van der Waals surface area (Å²) in [6.45, 7) is 0. The van der Waals surface area contributed by atoms with Gasteiger partial charge in [-0.2, -0.15) is 0 Å². The molecule has 4 aromatic heterocycles. The third kappa shape index (κ3) is 4.19. The lowest BCUT2D eigenvalue weighted by molar-refractivity contribution is 0.995. The Morgan fingerprint density at radius 3 is 1.55 bits per heavy atom. The Balaban J connectivity index is 1.33. The SMILES string of the molecule is c1ccc(-c2cc(-c3ccccc3)nc(-n3c4ccccc4c4ccc5c6ccccc6n(-c6cccc7c6sc6ccccc67)c5c43)n2)cc1. The molecule has 0 bridgehead atoms. The molecule has 0 N–H and O–H groups in total. The van der Waals surface area contributed by atoms with E-state index in [1.54, 1.807) is 0 Å². The zero-order valence-corrected chi connectivity index (χ0v) is 28.2. The Hall–Kier alpha value is -6.56. The number of thiophene rings is 1. The van der Waals surface area contributed by atoms with E-state index in [0.29, 0.717) is 5.95 Å². The highest BCUT2D eigenvalue weighted by molar-refractivity contribution is 7.26. The molecule has 238 valence electrons. The second-order valence-electron chi connectivity index (χ2n) is 13.0. The Morgan fingerprint density at radius 1 is 0.392 bits per heavy atom. The number of nitrogens with zero attached hydrogens (tertiary/aromatic N) is 4. The molecule has 0 fully saturated rings. The first-order chi connectivity index (χ1) is 25.3. The normalized spacial score (nSPS) is 11.9. The number of benzene rings is 7. The van der Waals surface area contributed by atoms with E-state index < -0.39 is 0 Å². The highest BCUT2D eigenvalue weighted by atomic mass is 32.1. The van der Waals surface area contributed by atoms with Gasteiger partial charge >= 0.3 is 0 Å². The lowest BCUT2D eigenvalue weighted by Gasteiger charge is -2.14. The summed E-state index contributed by atoms with van der Waals surface area (Å²) in [6, 6.07) is 60.4. The van der Waals surface area contributed by atoms with Crippen LogP contribution in [0, 0.1) is 0 Å². The van der Waals surface area contributed by atoms with E-state index in [9.17, 15) is 0 Å². The van der Waals surface area contributed by atoms with Crippen LogP contribution in [0.5, 0.6) is 0 Å². The quantitative estimate of drug-likeness (QED) is 0.187. The topological polar surface area (TPSA) is 35.6 Å². The van der Waals surface area contributed by atoms with Crippen molar-refractivity contribution in [1.82, 2.24) is 19.1 Å². The highest BCUT2D eigenvalue weighted by Crippen LogP contribution is 2.44. The summed E-state index contributed by atoms with van der Waals surface area (Å²) >= 11 is 1.86. The molecule has 0 aliphatic rings. The predicted molar refractivity (Wildman–Crippen MR) is 214 cm³/mol. The monoisotopic (exact) mass is 668 g/mol. The van der Waals surface area contributed by atoms with Gasteiger partial charge in [-0.1, -0.05) is 140 Å².